The lowest BCUT2D eigenvalue weighted by molar-refractivity contribution is -0.384. The number of hydrogen-bond donors (Lipinski definition) is 0. The zero-order valence-corrected chi connectivity index (χ0v) is 15.7. The lowest BCUT2D eigenvalue weighted by Crippen LogP contribution is -2.26. The van der Waals surface area contributed by atoms with Crippen molar-refractivity contribution in [2.75, 3.05) is 7.05 Å². The number of hydrogen-bond acceptors (Lipinski definition) is 3. The Labute approximate surface area is 161 Å². The van der Waals surface area contributed by atoms with Crippen molar-refractivity contribution in [3.05, 3.63) is 92.8 Å². The molecule has 3 rings (SSSR count). The highest BCUT2D eigenvalue weighted by molar-refractivity contribution is 6.31. The zero-order valence-electron chi connectivity index (χ0n) is 14.9. The Hall–Kier alpha value is -3.12. The third kappa shape index (κ3) is 4.01. The molecule has 138 valence electrons. The predicted octanol–water partition coefficient (Wildman–Crippen LogP) is 4.62. The van der Waals surface area contributed by atoms with Gasteiger partial charge in [0.15, 0.2) is 0 Å². The number of nitrogens with zero attached hydrogens (tertiary/aromatic N) is 3. The maximum atomic E-state index is 12.9. The van der Waals surface area contributed by atoms with Gasteiger partial charge in [-0.2, -0.15) is 0 Å². The number of rotatable bonds is 5. The third-order valence-corrected chi connectivity index (χ3v) is 4.70. The zero-order chi connectivity index (χ0) is 19.6. The number of nitro groups is 1. The first-order chi connectivity index (χ1) is 12.9. The molecule has 27 heavy (non-hydrogen) atoms. The molecule has 0 fully saturated rings. The van der Waals surface area contributed by atoms with E-state index in [0.29, 0.717) is 16.1 Å². The van der Waals surface area contributed by atoms with Crippen LogP contribution in [0.25, 0.3) is 5.69 Å². The number of aromatic nitrogens is 1. The van der Waals surface area contributed by atoms with Crippen molar-refractivity contribution in [2.24, 2.45) is 0 Å². The highest BCUT2D eigenvalue weighted by Crippen LogP contribution is 2.24. The second-order valence-electron chi connectivity index (χ2n) is 6.29. The maximum absolute atomic E-state index is 12.9. The monoisotopic (exact) mass is 383 g/mol. The van der Waals surface area contributed by atoms with Gasteiger partial charge in [0.1, 0.15) is 0 Å². The average Bonchev–Trinajstić information content (AvgIpc) is 3.17. The molecule has 0 atom stereocenters. The summed E-state index contributed by atoms with van der Waals surface area (Å²) in [7, 11) is 1.65. The molecule has 1 heterocycles. The standard InChI is InChI=1S/C20H18ClN3O3/c1-14-5-6-15(12-19(14)23-9-3-4-10-23)20(25)22(2)13-16-11-17(24(26)27)7-8-18(16)21/h3-12H,13H2,1-2H3. The first-order valence-electron chi connectivity index (χ1n) is 8.29. The summed E-state index contributed by atoms with van der Waals surface area (Å²) in [5.41, 5.74) is 2.98. The largest absolute Gasteiger partial charge is 0.337 e. The number of halogens is 1. The molecule has 0 aliphatic heterocycles. The summed E-state index contributed by atoms with van der Waals surface area (Å²) in [5, 5.41) is 11.4. The molecule has 0 aliphatic carbocycles. The molecule has 0 spiro atoms. The molecule has 6 nitrogen and oxygen atoms in total. The molecule has 0 aliphatic rings. The molecule has 0 bridgehead atoms. The fraction of sp³-hybridized carbons (Fsp3) is 0.150. The summed E-state index contributed by atoms with van der Waals surface area (Å²) in [6, 6.07) is 13.6. The minimum absolute atomic E-state index is 0.0551. The van der Waals surface area contributed by atoms with Crippen LogP contribution in [0.2, 0.25) is 5.02 Å². The maximum Gasteiger partial charge on any atom is 0.269 e. The van der Waals surface area contributed by atoms with Gasteiger partial charge in [-0.3, -0.25) is 14.9 Å². The molecule has 7 heteroatoms. The van der Waals surface area contributed by atoms with E-state index in [9.17, 15) is 14.9 Å². The molecular weight excluding hydrogens is 366 g/mol. The van der Waals surface area contributed by atoms with Crippen molar-refractivity contribution < 1.29 is 9.72 Å². The van der Waals surface area contributed by atoms with E-state index < -0.39 is 4.92 Å². The Morgan fingerprint density at radius 2 is 1.89 bits per heavy atom. The molecule has 3 aromatic rings. The first kappa shape index (κ1) is 18.7. The van der Waals surface area contributed by atoms with Crippen LogP contribution in [0.15, 0.2) is 60.9 Å². The Morgan fingerprint density at radius 1 is 1.19 bits per heavy atom. The molecule has 0 N–H and O–H groups in total. The number of carbonyl (C=O) groups excluding carboxylic acids is 1. The van der Waals surface area contributed by atoms with Gasteiger partial charge < -0.3 is 9.47 Å². The van der Waals surface area contributed by atoms with E-state index in [1.165, 1.54) is 23.1 Å². The highest BCUT2D eigenvalue weighted by atomic mass is 35.5. The second kappa shape index (κ2) is 7.63. The Bertz CT molecular complexity index is 1000. The van der Waals surface area contributed by atoms with Gasteiger partial charge in [0.25, 0.3) is 11.6 Å². The van der Waals surface area contributed by atoms with Crippen LogP contribution in [0.3, 0.4) is 0 Å². The number of carbonyl (C=O) groups is 1. The van der Waals surface area contributed by atoms with Gasteiger partial charge in [-0.1, -0.05) is 17.7 Å². The van der Waals surface area contributed by atoms with E-state index in [-0.39, 0.29) is 18.1 Å². The van der Waals surface area contributed by atoms with Crippen LogP contribution in [0.1, 0.15) is 21.5 Å². The quantitative estimate of drug-likeness (QED) is 0.477. The lowest BCUT2D eigenvalue weighted by atomic mass is 10.1. The fourth-order valence-electron chi connectivity index (χ4n) is 2.86. The van der Waals surface area contributed by atoms with Crippen LogP contribution in [0.4, 0.5) is 5.69 Å². The van der Waals surface area contributed by atoms with E-state index in [4.69, 9.17) is 11.6 Å². The van der Waals surface area contributed by atoms with Gasteiger partial charge in [-0.25, -0.2) is 0 Å². The molecule has 0 unspecified atom stereocenters. The number of benzene rings is 2. The number of amides is 1. The minimum Gasteiger partial charge on any atom is -0.337 e. The first-order valence-corrected chi connectivity index (χ1v) is 8.67. The summed E-state index contributed by atoms with van der Waals surface area (Å²) >= 11 is 6.15. The lowest BCUT2D eigenvalue weighted by Gasteiger charge is -2.19. The number of nitro benzene ring substituents is 1. The Kier molecular flexibility index (Phi) is 5.28. The van der Waals surface area contributed by atoms with Crippen molar-refractivity contribution in [2.45, 2.75) is 13.5 Å². The van der Waals surface area contributed by atoms with E-state index in [1.807, 2.05) is 48.1 Å². The predicted molar refractivity (Wildman–Crippen MR) is 104 cm³/mol. The average molecular weight is 384 g/mol. The van der Waals surface area contributed by atoms with E-state index in [1.54, 1.807) is 13.1 Å². The van der Waals surface area contributed by atoms with Crippen molar-refractivity contribution in [3.63, 3.8) is 0 Å². The summed E-state index contributed by atoms with van der Waals surface area (Å²) in [6.45, 7) is 2.16. The van der Waals surface area contributed by atoms with Crippen molar-refractivity contribution in [3.8, 4) is 5.69 Å². The van der Waals surface area contributed by atoms with Crippen molar-refractivity contribution >= 4 is 23.2 Å². The van der Waals surface area contributed by atoms with Crippen LogP contribution < -0.4 is 0 Å². The van der Waals surface area contributed by atoms with Gasteiger partial charge in [-0.15, -0.1) is 0 Å². The van der Waals surface area contributed by atoms with Gasteiger partial charge >= 0.3 is 0 Å². The van der Waals surface area contributed by atoms with E-state index in [2.05, 4.69) is 0 Å². The van der Waals surface area contributed by atoms with Gasteiger partial charge in [0.2, 0.25) is 0 Å². The molecular formula is C20H18ClN3O3. The second-order valence-corrected chi connectivity index (χ2v) is 6.69. The number of aryl methyl sites for hydroxylation is 1. The van der Waals surface area contributed by atoms with E-state index in [0.717, 1.165) is 11.3 Å². The Morgan fingerprint density at radius 3 is 2.56 bits per heavy atom. The molecule has 2 aromatic carbocycles. The van der Waals surface area contributed by atoms with E-state index >= 15 is 0 Å². The number of non-ortho nitro benzene ring substituents is 1. The smallest absolute Gasteiger partial charge is 0.269 e. The highest BCUT2D eigenvalue weighted by Gasteiger charge is 2.17. The van der Waals surface area contributed by atoms with Crippen LogP contribution in [0.5, 0.6) is 0 Å². The third-order valence-electron chi connectivity index (χ3n) is 4.33. The minimum atomic E-state index is -0.481. The summed E-state index contributed by atoms with van der Waals surface area (Å²) in [5.74, 6) is -0.189. The summed E-state index contributed by atoms with van der Waals surface area (Å²) in [4.78, 5) is 24.8. The molecule has 0 saturated heterocycles. The van der Waals surface area contributed by atoms with Gasteiger partial charge in [0, 0.05) is 54.4 Å². The molecule has 0 radical (unpaired) electrons. The fourth-order valence-corrected chi connectivity index (χ4v) is 3.04. The summed E-state index contributed by atoms with van der Waals surface area (Å²) < 4.78 is 1.95. The summed E-state index contributed by atoms with van der Waals surface area (Å²) in [6.07, 6.45) is 3.84. The van der Waals surface area contributed by atoms with Crippen LogP contribution in [-0.2, 0) is 6.54 Å². The van der Waals surface area contributed by atoms with Crippen LogP contribution in [-0.4, -0.2) is 27.3 Å². The normalized spacial score (nSPS) is 10.6. The van der Waals surface area contributed by atoms with Crippen molar-refractivity contribution in [1.29, 1.82) is 0 Å². The topological polar surface area (TPSA) is 68.4 Å². The van der Waals surface area contributed by atoms with Crippen LogP contribution in [0, 0.1) is 17.0 Å². The molecule has 1 amide bonds. The molecule has 0 saturated carbocycles. The molecule has 1 aromatic heterocycles. The SMILES string of the molecule is Cc1ccc(C(=O)N(C)Cc2cc([N+](=O)[O-])ccc2Cl)cc1-n1cccc1. The van der Waals surface area contributed by atoms with Gasteiger partial charge in [-0.05, 0) is 48.4 Å². The Balaban J connectivity index is 1.85. The van der Waals surface area contributed by atoms with Gasteiger partial charge in [0.05, 0.1) is 4.92 Å². The van der Waals surface area contributed by atoms with Crippen molar-refractivity contribution in [1.82, 2.24) is 9.47 Å². The van der Waals surface area contributed by atoms with Crippen LogP contribution >= 0.6 is 11.6 Å².